The van der Waals surface area contributed by atoms with E-state index in [1.165, 1.54) is 0 Å². The highest BCUT2D eigenvalue weighted by Crippen LogP contribution is 2.14. The van der Waals surface area contributed by atoms with Crippen LogP contribution in [-0.4, -0.2) is 58.7 Å². The van der Waals surface area contributed by atoms with Gasteiger partial charge in [0.05, 0.1) is 5.69 Å². The summed E-state index contributed by atoms with van der Waals surface area (Å²) in [7, 11) is 2.10. The normalized spacial score (nSPS) is 16.5. The van der Waals surface area contributed by atoms with Crippen molar-refractivity contribution < 1.29 is 4.79 Å². The van der Waals surface area contributed by atoms with E-state index >= 15 is 0 Å². The molecule has 5 nitrogen and oxygen atoms in total. The van der Waals surface area contributed by atoms with E-state index in [-0.39, 0.29) is 5.91 Å². The minimum atomic E-state index is 0.0353. The monoisotopic (exact) mass is 298 g/mol. The molecular formula is C17H22N4O. The number of benzene rings is 1. The average Bonchev–Trinajstić information content (AvgIpc) is 2.79. The first-order chi connectivity index (χ1) is 10.6. The molecule has 1 amide bonds. The summed E-state index contributed by atoms with van der Waals surface area (Å²) in [6.07, 6.45) is 1.01. The lowest BCUT2D eigenvalue weighted by molar-refractivity contribution is 0.0756. The molecule has 1 aromatic heterocycles. The zero-order valence-electron chi connectivity index (χ0n) is 13.2. The van der Waals surface area contributed by atoms with Crippen molar-refractivity contribution in [2.45, 2.75) is 13.3 Å². The number of likely N-dealkylation sites (N-methyl/N-ethyl adjacent to an activating group) is 1. The maximum Gasteiger partial charge on any atom is 0.274 e. The molecule has 5 heteroatoms. The van der Waals surface area contributed by atoms with Crippen LogP contribution in [0.3, 0.4) is 0 Å². The number of aryl methyl sites for hydroxylation is 1. The van der Waals surface area contributed by atoms with Gasteiger partial charge in [-0.15, -0.1) is 0 Å². The zero-order chi connectivity index (χ0) is 15.5. The summed E-state index contributed by atoms with van der Waals surface area (Å²) in [6, 6.07) is 11.8. The number of hydrogen-bond acceptors (Lipinski definition) is 3. The molecule has 1 fully saturated rings. The fraction of sp³-hybridized carbons (Fsp3) is 0.412. The van der Waals surface area contributed by atoms with Gasteiger partial charge in [-0.1, -0.05) is 18.2 Å². The summed E-state index contributed by atoms with van der Waals surface area (Å²) in [5.41, 5.74) is 2.49. The molecule has 1 aliphatic heterocycles. The van der Waals surface area contributed by atoms with Gasteiger partial charge in [0, 0.05) is 25.3 Å². The van der Waals surface area contributed by atoms with E-state index in [9.17, 15) is 4.79 Å². The Hall–Kier alpha value is -2.14. The minimum Gasteiger partial charge on any atom is -0.336 e. The number of hydrogen-bond donors (Lipinski definition) is 0. The van der Waals surface area contributed by atoms with Gasteiger partial charge < -0.3 is 9.80 Å². The summed E-state index contributed by atoms with van der Waals surface area (Å²) >= 11 is 0. The SMILES string of the molecule is Cc1cc(C(=O)N2CCCN(C)CC2)nn1-c1ccccc1. The van der Waals surface area contributed by atoms with Crippen molar-refractivity contribution in [1.29, 1.82) is 0 Å². The summed E-state index contributed by atoms with van der Waals surface area (Å²) in [6.45, 7) is 5.52. The van der Waals surface area contributed by atoms with Crippen LogP contribution < -0.4 is 0 Å². The van der Waals surface area contributed by atoms with Gasteiger partial charge in [0.2, 0.25) is 0 Å². The Labute approximate surface area is 131 Å². The number of amides is 1. The first-order valence-electron chi connectivity index (χ1n) is 7.75. The third kappa shape index (κ3) is 3.04. The average molecular weight is 298 g/mol. The van der Waals surface area contributed by atoms with E-state index in [1.54, 1.807) is 0 Å². The molecule has 0 radical (unpaired) electrons. The molecule has 0 N–H and O–H groups in total. The molecule has 3 rings (SSSR count). The Morgan fingerprint density at radius 2 is 1.86 bits per heavy atom. The van der Waals surface area contributed by atoms with Gasteiger partial charge in [-0.2, -0.15) is 5.10 Å². The first kappa shape index (κ1) is 14.8. The standard InChI is InChI=1S/C17H22N4O/c1-14-13-16(18-21(14)15-7-4-3-5-8-15)17(22)20-10-6-9-19(2)11-12-20/h3-5,7-8,13H,6,9-12H2,1-2H3. The van der Waals surface area contributed by atoms with Gasteiger partial charge in [0.25, 0.3) is 5.91 Å². The first-order valence-corrected chi connectivity index (χ1v) is 7.75. The van der Waals surface area contributed by atoms with E-state index in [0.717, 1.165) is 44.0 Å². The molecular weight excluding hydrogens is 276 g/mol. The van der Waals surface area contributed by atoms with Crippen LogP contribution in [0.5, 0.6) is 0 Å². The van der Waals surface area contributed by atoms with Crippen molar-refractivity contribution in [1.82, 2.24) is 19.6 Å². The molecule has 2 aromatic rings. The van der Waals surface area contributed by atoms with Gasteiger partial charge in [-0.25, -0.2) is 4.68 Å². The second-order valence-corrected chi connectivity index (χ2v) is 5.87. The maximum absolute atomic E-state index is 12.7. The number of rotatable bonds is 2. The molecule has 2 heterocycles. The van der Waals surface area contributed by atoms with Crippen molar-refractivity contribution in [3.05, 3.63) is 47.8 Å². The molecule has 116 valence electrons. The predicted molar refractivity (Wildman–Crippen MR) is 86.3 cm³/mol. The summed E-state index contributed by atoms with van der Waals surface area (Å²) in [5.74, 6) is 0.0353. The Balaban J connectivity index is 1.82. The molecule has 0 saturated carbocycles. The van der Waals surface area contributed by atoms with E-state index in [2.05, 4.69) is 17.0 Å². The fourth-order valence-electron chi connectivity index (χ4n) is 2.82. The Morgan fingerprint density at radius 1 is 1.09 bits per heavy atom. The van der Waals surface area contributed by atoms with Gasteiger partial charge in [-0.05, 0) is 45.1 Å². The molecule has 0 bridgehead atoms. The van der Waals surface area contributed by atoms with Crippen molar-refractivity contribution >= 4 is 5.91 Å². The van der Waals surface area contributed by atoms with Crippen LogP contribution in [0.15, 0.2) is 36.4 Å². The Bertz CT molecular complexity index is 650. The third-order valence-corrected chi connectivity index (χ3v) is 4.11. The molecule has 0 aliphatic carbocycles. The number of nitrogens with zero attached hydrogens (tertiary/aromatic N) is 4. The van der Waals surface area contributed by atoms with E-state index in [4.69, 9.17) is 0 Å². The van der Waals surface area contributed by atoms with Crippen LogP contribution in [0.4, 0.5) is 0 Å². The van der Waals surface area contributed by atoms with Crippen molar-refractivity contribution in [2.24, 2.45) is 0 Å². The minimum absolute atomic E-state index is 0.0353. The predicted octanol–water partition coefficient (Wildman–Crippen LogP) is 1.96. The van der Waals surface area contributed by atoms with Gasteiger partial charge in [0.1, 0.15) is 0 Å². The second kappa shape index (κ2) is 6.32. The van der Waals surface area contributed by atoms with Crippen LogP contribution in [0.2, 0.25) is 0 Å². The smallest absolute Gasteiger partial charge is 0.274 e. The van der Waals surface area contributed by atoms with Gasteiger partial charge in [0.15, 0.2) is 5.69 Å². The van der Waals surface area contributed by atoms with E-state index in [0.29, 0.717) is 5.69 Å². The molecule has 1 aromatic carbocycles. The van der Waals surface area contributed by atoms with Crippen LogP contribution in [0.1, 0.15) is 22.6 Å². The number of carbonyl (C=O) groups is 1. The zero-order valence-corrected chi connectivity index (χ0v) is 13.2. The summed E-state index contributed by atoms with van der Waals surface area (Å²) in [5, 5.41) is 4.52. The van der Waals surface area contributed by atoms with Gasteiger partial charge >= 0.3 is 0 Å². The van der Waals surface area contributed by atoms with Crippen LogP contribution in [0, 0.1) is 6.92 Å². The molecule has 0 unspecified atom stereocenters. The van der Waals surface area contributed by atoms with E-state index < -0.39 is 0 Å². The number of carbonyl (C=O) groups excluding carboxylic acids is 1. The molecule has 1 saturated heterocycles. The number of aromatic nitrogens is 2. The number of para-hydroxylation sites is 1. The van der Waals surface area contributed by atoms with Crippen LogP contribution in [0.25, 0.3) is 5.69 Å². The Kier molecular flexibility index (Phi) is 4.24. The largest absolute Gasteiger partial charge is 0.336 e. The highest BCUT2D eigenvalue weighted by atomic mass is 16.2. The third-order valence-electron chi connectivity index (χ3n) is 4.11. The van der Waals surface area contributed by atoms with Gasteiger partial charge in [-0.3, -0.25) is 4.79 Å². The lowest BCUT2D eigenvalue weighted by Crippen LogP contribution is -2.34. The second-order valence-electron chi connectivity index (χ2n) is 5.87. The topological polar surface area (TPSA) is 41.4 Å². The van der Waals surface area contributed by atoms with Crippen molar-refractivity contribution in [3.63, 3.8) is 0 Å². The molecule has 0 atom stereocenters. The lowest BCUT2D eigenvalue weighted by atomic mass is 10.3. The fourth-order valence-corrected chi connectivity index (χ4v) is 2.82. The maximum atomic E-state index is 12.7. The molecule has 0 spiro atoms. The highest BCUT2D eigenvalue weighted by molar-refractivity contribution is 5.92. The van der Waals surface area contributed by atoms with E-state index in [1.807, 2.05) is 52.9 Å². The van der Waals surface area contributed by atoms with Crippen molar-refractivity contribution in [3.8, 4) is 5.69 Å². The quantitative estimate of drug-likeness (QED) is 0.851. The Morgan fingerprint density at radius 3 is 2.64 bits per heavy atom. The highest BCUT2D eigenvalue weighted by Gasteiger charge is 2.22. The van der Waals surface area contributed by atoms with Crippen molar-refractivity contribution in [2.75, 3.05) is 33.2 Å². The molecule has 1 aliphatic rings. The van der Waals surface area contributed by atoms with Crippen LogP contribution in [-0.2, 0) is 0 Å². The lowest BCUT2D eigenvalue weighted by Gasteiger charge is -2.19. The summed E-state index contributed by atoms with van der Waals surface area (Å²) in [4.78, 5) is 16.9. The summed E-state index contributed by atoms with van der Waals surface area (Å²) < 4.78 is 1.83. The molecule has 22 heavy (non-hydrogen) atoms. The van der Waals surface area contributed by atoms with Crippen LogP contribution >= 0.6 is 0 Å².